The van der Waals surface area contributed by atoms with Crippen LogP contribution in [0, 0.1) is 24.5 Å². The first kappa shape index (κ1) is 39.3. The predicted molar refractivity (Wildman–Crippen MR) is 224 cm³/mol. The molecule has 0 aliphatic rings. The van der Waals surface area contributed by atoms with Crippen LogP contribution in [0.25, 0.3) is 55.6 Å². The largest absolute Gasteiger partial charge is 0.501 e. The van der Waals surface area contributed by atoms with Crippen LogP contribution in [-0.4, -0.2) is 26.1 Å². The van der Waals surface area contributed by atoms with Gasteiger partial charge in [0.1, 0.15) is 5.58 Å². The molecule has 269 valence electrons. The van der Waals surface area contributed by atoms with E-state index in [1.165, 1.54) is 32.6 Å². The average molecular weight is 895 g/mol. The zero-order valence-corrected chi connectivity index (χ0v) is 36.6. The summed E-state index contributed by atoms with van der Waals surface area (Å²) in [6, 6.07) is 41.0. The standard InChI is InChI=1S/C31H32NOSi.C15H18NSi.Ir/c1-31(2,3)20-21-16-17-32-28(18-21)27-9-7-8-26-25-15-12-23(19-29(25)33-30(26)27)22-10-13-24(14-11-22)34(4,5)6;1-12-6-5-7-13(10-12)15-9-8-14(11-16-15)17(2,3)4;/h7-8,10-19H,20H2,1-6H3;5-6,8-11H,1-4H3;/q2*-1;. The molecule has 0 spiro atoms. The van der Waals surface area contributed by atoms with Gasteiger partial charge >= 0.3 is 0 Å². The minimum atomic E-state index is -1.31. The molecule has 0 N–H and O–H groups in total. The van der Waals surface area contributed by atoms with Crippen molar-refractivity contribution in [3.8, 4) is 33.6 Å². The number of nitrogens with zero attached hydrogens (tertiary/aromatic N) is 2. The van der Waals surface area contributed by atoms with Gasteiger partial charge in [-0.05, 0) is 51.7 Å². The van der Waals surface area contributed by atoms with Crippen molar-refractivity contribution in [2.24, 2.45) is 5.41 Å². The maximum atomic E-state index is 6.45. The van der Waals surface area contributed by atoms with Gasteiger partial charge in [0.15, 0.2) is 0 Å². The Labute approximate surface area is 326 Å². The number of rotatable bonds is 6. The second-order valence-corrected chi connectivity index (χ2v) is 27.1. The Morgan fingerprint density at radius 1 is 0.654 bits per heavy atom. The third-order valence-electron chi connectivity index (χ3n) is 9.19. The van der Waals surface area contributed by atoms with Crippen LogP contribution in [0.2, 0.25) is 39.3 Å². The fraction of sp³-hybridized carbons (Fsp3) is 0.261. The maximum Gasteiger partial charge on any atom is 0.121 e. The van der Waals surface area contributed by atoms with Gasteiger partial charge in [-0.1, -0.05) is 143 Å². The Hall–Kier alpha value is -3.94. The van der Waals surface area contributed by atoms with Crippen LogP contribution in [0.5, 0.6) is 0 Å². The van der Waals surface area contributed by atoms with Gasteiger partial charge in [0.2, 0.25) is 0 Å². The summed E-state index contributed by atoms with van der Waals surface area (Å²) in [6.07, 6.45) is 4.92. The SMILES string of the molecule is CC(C)(C)Cc1ccnc(-c2[c-]ccc3c2oc2cc(-c4ccc([Si](C)(C)C)cc4)ccc23)c1.Cc1cc[c-]c(-c2ccc([Si](C)(C)C)cn2)c1.[Ir]. The summed E-state index contributed by atoms with van der Waals surface area (Å²) in [6.45, 7) is 23.0. The monoisotopic (exact) mass is 895 g/mol. The molecule has 0 saturated carbocycles. The molecule has 7 aromatic rings. The van der Waals surface area contributed by atoms with E-state index in [-0.39, 0.29) is 25.5 Å². The Morgan fingerprint density at radius 3 is 1.96 bits per heavy atom. The number of furan rings is 1. The van der Waals surface area contributed by atoms with Gasteiger partial charge < -0.3 is 14.4 Å². The van der Waals surface area contributed by atoms with E-state index in [1.54, 1.807) is 0 Å². The molecule has 1 radical (unpaired) electrons. The Morgan fingerprint density at radius 2 is 1.33 bits per heavy atom. The number of fused-ring (bicyclic) bond motifs is 3. The molecule has 0 atom stereocenters. The van der Waals surface area contributed by atoms with Crippen molar-refractivity contribution in [2.75, 3.05) is 0 Å². The molecule has 6 heteroatoms. The molecule has 4 aromatic carbocycles. The van der Waals surface area contributed by atoms with E-state index in [0.29, 0.717) is 0 Å². The van der Waals surface area contributed by atoms with Crippen LogP contribution in [0.15, 0.2) is 114 Å². The van der Waals surface area contributed by atoms with Gasteiger partial charge in [-0.25, -0.2) is 0 Å². The van der Waals surface area contributed by atoms with E-state index in [9.17, 15) is 0 Å². The van der Waals surface area contributed by atoms with Crippen molar-refractivity contribution >= 4 is 48.5 Å². The summed E-state index contributed by atoms with van der Waals surface area (Å²) in [5, 5.41) is 5.10. The summed E-state index contributed by atoms with van der Waals surface area (Å²) in [5.74, 6) is 0. The van der Waals surface area contributed by atoms with E-state index in [4.69, 9.17) is 4.42 Å². The number of benzene rings is 4. The molecule has 0 aliphatic carbocycles. The zero-order chi connectivity index (χ0) is 36.6. The number of aryl methyl sites for hydroxylation is 1. The Bertz CT molecular complexity index is 2290. The number of hydrogen-bond acceptors (Lipinski definition) is 3. The van der Waals surface area contributed by atoms with Crippen molar-refractivity contribution in [1.29, 1.82) is 0 Å². The summed E-state index contributed by atoms with van der Waals surface area (Å²) in [7, 11) is -2.55. The van der Waals surface area contributed by atoms with E-state index in [2.05, 4.69) is 174 Å². The number of hydrogen-bond donors (Lipinski definition) is 0. The molecule has 0 aliphatic heterocycles. The fourth-order valence-corrected chi connectivity index (χ4v) is 8.53. The van der Waals surface area contributed by atoms with Crippen LogP contribution in [-0.2, 0) is 26.5 Å². The van der Waals surface area contributed by atoms with Crippen molar-refractivity contribution in [1.82, 2.24) is 9.97 Å². The van der Waals surface area contributed by atoms with Crippen LogP contribution >= 0.6 is 0 Å². The second-order valence-electron chi connectivity index (χ2n) is 17.0. The van der Waals surface area contributed by atoms with Crippen LogP contribution in [0.4, 0.5) is 0 Å². The third kappa shape index (κ3) is 9.34. The van der Waals surface area contributed by atoms with Gasteiger partial charge in [-0.3, -0.25) is 0 Å². The van der Waals surface area contributed by atoms with Crippen molar-refractivity contribution in [2.45, 2.75) is 73.4 Å². The fourth-order valence-electron chi connectivity index (χ4n) is 6.33. The normalized spacial score (nSPS) is 12.0. The van der Waals surface area contributed by atoms with Crippen LogP contribution in [0.1, 0.15) is 31.9 Å². The summed E-state index contributed by atoms with van der Waals surface area (Å²) >= 11 is 0. The van der Waals surface area contributed by atoms with Gasteiger partial charge in [0.05, 0.1) is 21.7 Å². The molecule has 0 bridgehead atoms. The number of aromatic nitrogens is 2. The molecular weight excluding hydrogens is 845 g/mol. The van der Waals surface area contributed by atoms with Crippen LogP contribution < -0.4 is 10.4 Å². The first-order valence-electron chi connectivity index (χ1n) is 17.9. The van der Waals surface area contributed by atoms with E-state index in [0.717, 1.165) is 50.9 Å². The first-order valence-corrected chi connectivity index (χ1v) is 24.9. The van der Waals surface area contributed by atoms with E-state index < -0.39 is 16.1 Å². The quantitative estimate of drug-likeness (QED) is 0.123. The Balaban J connectivity index is 0.000000245. The first-order chi connectivity index (χ1) is 24.0. The topological polar surface area (TPSA) is 38.9 Å². The minimum absolute atomic E-state index is 0. The smallest absolute Gasteiger partial charge is 0.121 e. The zero-order valence-electron chi connectivity index (χ0n) is 32.2. The van der Waals surface area contributed by atoms with Crippen LogP contribution in [0.3, 0.4) is 0 Å². The van der Waals surface area contributed by atoms with Gasteiger partial charge in [-0.2, -0.15) is 0 Å². The molecule has 3 heterocycles. The summed E-state index contributed by atoms with van der Waals surface area (Å²) in [4.78, 5) is 9.23. The molecule has 0 fully saturated rings. The Kier molecular flexibility index (Phi) is 11.8. The molecule has 52 heavy (non-hydrogen) atoms. The average Bonchev–Trinajstić information content (AvgIpc) is 3.45. The van der Waals surface area contributed by atoms with Crippen molar-refractivity contribution in [3.63, 3.8) is 0 Å². The second kappa shape index (κ2) is 15.6. The molecule has 7 rings (SSSR count). The van der Waals surface area contributed by atoms with Gasteiger partial charge in [0.25, 0.3) is 0 Å². The van der Waals surface area contributed by atoms with Crippen molar-refractivity contribution < 1.29 is 24.5 Å². The number of pyridine rings is 2. The molecule has 0 saturated heterocycles. The van der Waals surface area contributed by atoms with Crippen molar-refractivity contribution in [3.05, 3.63) is 133 Å². The molecule has 0 unspecified atom stereocenters. The minimum Gasteiger partial charge on any atom is -0.501 e. The van der Waals surface area contributed by atoms with Gasteiger partial charge in [-0.15, -0.1) is 53.6 Å². The molecule has 3 aromatic heterocycles. The predicted octanol–water partition coefficient (Wildman–Crippen LogP) is 11.6. The van der Waals surface area contributed by atoms with Gasteiger partial charge in [0, 0.05) is 37.9 Å². The summed E-state index contributed by atoms with van der Waals surface area (Å²) in [5.41, 5.74) is 10.8. The molecule has 0 amide bonds. The van der Waals surface area contributed by atoms with E-state index >= 15 is 0 Å². The summed E-state index contributed by atoms with van der Waals surface area (Å²) < 4.78 is 6.45. The van der Waals surface area contributed by atoms with E-state index in [1.807, 2.05) is 24.5 Å². The molecule has 3 nitrogen and oxygen atoms in total. The third-order valence-corrected chi connectivity index (χ3v) is 13.3. The maximum absolute atomic E-state index is 6.45. The molecular formula is C46H50IrN2OSi2-2.